The van der Waals surface area contributed by atoms with Crippen LogP contribution in [0.4, 0.5) is 18.3 Å². The van der Waals surface area contributed by atoms with Gasteiger partial charge in [0.15, 0.2) is 5.13 Å². The number of hydrogen-bond acceptors (Lipinski definition) is 7. The van der Waals surface area contributed by atoms with Gasteiger partial charge in [0.05, 0.1) is 16.3 Å². The van der Waals surface area contributed by atoms with Crippen molar-refractivity contribution < 1.29 is 27.5 Å². The van der Waals surface area contributed by atoms with Gasteiger partial charge in [-0.2, -0.15) is 11.8 Å². The number of alkyl halides is 3. The van der Waals surface area contributed by atoms with Gasteiger partial charge in [0, 0.05) is 19.0 Å². The van der Waals surface area contributed by atoms with Crippen LogP contribution in [0.3, 0.4) is 0 Å². The molecule has 1 aliphatic carbocycles. The van der Waals surface area contributed by atoms with Crippen molar-refractivity contribution in [2.45, 2.75) is 57.3 Å². The van der Waals surface area contributed by atoms with E-state index in [2.05, 4.69) is 20.4 Å². The molecule has 1 fully saturated rings. The van der Waals surface area contributed by atoms with Crippen molar-refractivity contribution in [1.29, 1.82) is 0 Å². The van der Waals surface area contributed by atoms with E-state index >= 15 is 0 Å². The first kappa shape index (κ1) is 26.6. The number of carbonyl (C=O) groups is 2. The quantitative estimate of drug-likeness (QED) is 0.422. The largest absolute Gasteiger partial charge is 0.573 e. The highest BCUT2D eigenvalue weighted by atomic mass is 32.2. The number of nitrogens with one attached hydrogen (secondary N) is 2. The molecule has 0 spiro atoms. The summed E-state index contributed by atoms with van der Waals surface area (Å²) in [4.78, 5) is 29.6. The molecule has 1 heterocycles. The van der Waals surface area contributed by atoms with E-state index < -0.39 is 12.4 Å². The Kier molecular flexibility index (Phi) is 9.05. The van der Waals surface area contributed by atoms with Gasteiger partial charge in [-0.3, -0.25) is 9.59 Å². The van der Waals surface area contributed by atoms with Gasteiger partial charge in [-0.05, 0) is 48.8 Å². The van der Waals surface area contributed by atoms with Crippen molar-refractivity contribution in [3.8, 4) is 5.75 Å². The Bertz CT molecular complexity index is 993. The van der Waals surface area contributed by atoms with Crippen LogP contribution in [0.2, 0.25) is 0 Å². The van der Waals surface area contributed by atoms with Crippen LogP contribution in [-0.2, 0) is 9.59 Å². The standard InChI is InChI=1S/C22H29F3N4O3S2/c1-33-10-7-15(26)19(31)27-13-21(8-3-2-4-9-21)12-18(30)29-20-28-16-6-5-14(11-17(16)34-20)32-22(23,24)25/h5-6,11,15H,2-4,7-10,12-13,26H2,1H3,(H,27,31)(H,28,29,30). The Morgan fingerprint density at radius 2 is 2.03 bits per heavy atom. The summed E-state index contributed by atoms with van der Waals surface area (Å²) in [5.41, 5.74) is 6.07. The maximum Gasteiger partial charge on any atom is 0.573 e. The molecule has 1 aromatic carbocycles. The van der Waals surface area contributed by atoms with Crippen molar-refractivity contribution in [3.05, 3.63) is 18.2 Å². The summed E-state index contributed by atoms with van der Waals surface area (Å²) < 4.78 is 41.8. The Morgan fingerprint density at radius 1 is 1.29 bits per heavy atom. The molecule has 4 N–H and O–H groups in total. The molecule has 0 bridgehead atoms. The van der Waals surface area contributed by atoms with Crippen LogP contribution in [0, 0.1) is 5.41 Å². The van der Waals surface area contributed by atoms with Crippen molar-refractivity contribution in [3.63, 3.8) is 0 Å². The summed E-state index contributed by atoms with van der Waals surface area (Å²) in [6.07, 6.45) is 2.66. The molecule has 1 unspecified atom stereocenters. The number of fused-ring (bicyclic) bond motifs is 1. The Labute approximate surface area is 204 Å². The summed E-state index contributed by atoms with van der Waals surface area (Å²) >= 11 is 2.71. The minimum Gasteiger partial charge on any atom is -0.406 e. The normalized spacial score (nSPS) is 16.7. The topological polar surface area (TPSA) is 106 Å². The molecule has 1 saturated carbocycles. The molecule has 12 heteroatoms. The number of thiazole rings is 1. The lowest BCUT2D eigenvalue weighted by atomic mass is 9.71. The first-order valence-corrected chi connectivity index (χ1v) is 13.3. The van der Waals surface area contributed by atoms with Crippen LogP contribution in [0.15, 0.2) is 18.2 Å². The van der Waals surface area contributed by atoms with E-state index in [-0.39, 0.29) is 29.4 Å². The first-order valence-electron chi connectivity index (χ1n) is 11.1. The summed E-state index contributed by atoms with van der Waals surface area (Å²) in [5, 5.41) is 6.02. The highest BCUT2D eigenvalue weighted by Crippen LogP contribution is 2.39. The zero-order chi connectivity index (χ0) is 24.8. The second-order valence-electron chi connectivity index (χ2n) is 8.59. The minimum absolute atomic E-state index is 0.206. The number of thioether (sulfide) groups is 1. The summed E-state index contributed by atoms with van der Waals surface area (Å²) in [6, 6.07) is 3.27. The van der Waals surface area contributed by atoms with Crippen LogP contribution in [0.5, 0.6) is 5.75 Å². The van der Waals surface area contributed by atoms with Gasteiger partial charge in [0.1, 0.15) is 5.75 Å². The first-order chi connectivity index (χ1) is 16.1. The number of rotatable bonds is 10. The Balaban J connectivity index is 1.63. The number of aromatic nitrogens is 1. The third-order valence-electron chi connectivity index (χ3n) is 5.90. The molecule has 34 heavy (non-hydrogen) atoms. The number of amides is 2. The van der Waals surface area contributed by atoms with Crippen molar-refractivity contribution >= 4 is 50.3 Å². The lowest BCUT2D eigenvalue weighted by molar-refractivity contribution is -0.274. The smallest absolute Gasteiger partial charge is 0.406 e. The molecule has 1 aromatic heterocycles. The summed E-state index contributed by atoms with van der Waals surface area (Å²) in [7, 11) is 0. The van der Waals surface area contributed by atoms with E-state index in [1.54, 1.807) is 11.8 Å². The fourth-order valence-corrected chi connectivity index (χ4v) is 5.56. The molecule has 0 radical (unpaired) electrons. The number of nitrogens with two attached hydrogens (primary N) is 1. The molecule has 2 aromatic rings. The van der Waals surface area contributed by atoms with Gasteiger partial charge in [-0.15, -0.1) is 13.2 Å². The maximum atomic E-state index is 12.9. The van der Waals surface area contributed by atoms with Gasteiger partial charge in [0.2, 0.25) is 11.8 Å². The monoisotopic (exact) mass is 518 g/mol. The summed E-state index contributed by atoms with van der Waals surface area (Å²) in [6.45, 7) is 0.379. The average molecular weight is 519 g/mol. The lowest BCUT2D eigenvalue weighted by Gasteiger charge is -2.37. The Hall–Kier alpha value is -2.05. The number of nitrogens with zero attached hydrogens (tertiary/aromatic N) is 1. The molecular formula is C22H29F3N4O3S2. The zero-order valence-electron chi connectivity index (χ0n) is 18.9. The van der Waals surface area contributed by atoms with E-state index in [1.165, 1.54) is 18.2 Å². The second kappa shape index (κ2) is 11.6. The van der Waals surface area contributed by atoms with Crippen LogP contribution >= 0.6 is 23.1 Å². The molecular weight excluding hydrogens is 489 g/mol. The van der Waals surface area contributed by atoms with Crippen molar-refractivity contribution in [2.75, 3.05) is 23.9 Å². The van der Waals surface area contributed by atoms with Crippen molar-refractivity contribution in [1.82, 2.24) is 10.3 Å². The van der Waals surface area contributed by atoms with Crippen LogP contribution in [0.25, 0.3) is 10.2 Å². The number of anilines is 1. The summed E-state index contributed by atoms with van der Waals surface area (Å²) in [5.74, 6) is 0.0129. The third-order valence-corrected chi connectivity index (χ3v) is 7.47. The molecule has 0 aliphatic heterocycles. The third kappa shape index (κ3) is 7.74. The second-order valence-corrected chi connectivity index (χ2v) is 10.6. The highest BCUT2D eigenvalue weighted by Gasteiger charge is 2.35. The fraction of sp³-hybridized carbons (Fsp3) is 0.591. The van der Waals surface area contributed by atoms with Crippen LogP contribution in [0.1, 0.15) is 44.9 Å². The molecule has 3 rings (SSSR count). The number of benzene rings is 1. The molecule has 1 atom stereocenters. The number of halogens is 3. The molecule has 7 nitrogen and oxygen atoms in total. The van der Waals surface area contributed by atoms with E-state index in [4.69, 9.17) is 5.73 Å². The van der Waals surface area contributed by atoms with E-state index in [1.807, 2.05) is 6.26 Å². The fourth-order valence-electron chi connectivity index (χ4n) is 4.16. The number of ether oxygens (including phenoxy) is 1. The molecule has 188 valence electrons. The molecule has 0 saturated heterocycles. The van der Waals surface area contributed by atoms with Gasteiger partial charge in [-0.1, -0.05) is 30.6 Å². The number of carbonyl (C=O) groups excluding carboxylic acids is 2. The average Bonchev–Trinajstić information content (AvgIpc) is 3.16. The predicted molar refractivity (Wildman–Crippen MR) is 129 cm³/mol. The highest BCUT2D eigenvalue weighted by molar-refractivity contribution is 7.98. The van der Waals surface area contributed by atoms with Gasteiger partial charge in [0.25, 0.3) is 0 Å². The lowest BCUT2D eigenvalue weighted by Crippen LogP contribution is -2.47. The zero-order valence-corrected chi connectivity index (χ0v) is 20.5. The minimum atomic E-state index is -4.78. The molecule has 1 aliphatic rings. The van der Waals surface area contributed by atoms with E-state index in [0.29, 0.717) is 28.3 Å². The van der Waals surface area contributed by atoms with Gasteiger partial charge < -0.3 is 21.1 Å². The Morgan fingerprint density at radius 3 is 2.71 bits per heavy atom. The number of hydrogen-bond donors (Lipinski definition) is 3. The van der Waals surface area contributed by atoms with Gasteiger partial charge in [-0.25, -0.2) is 4.98 Å². The maximum absolute atomic E-state index is 12.9. The predicted octanol–water partition coefficient (Wildman–Crippen LogP) is 4.67. The van der Waals surface area contributed by atoms with E-state index in [0.717, 1.165) is 49.2 Å². The SMILES string of the molecule is CSCCC(N)C(=O)NCC1(CC(=O)Nc2nc3ccc(OC(F)(F)F)cc3s2)CCCCC1. The van der Waals surface area contributed by atoms with Gasteiger partial charge >= 0.3 is 6.36 Å². The van der Waals surface area contributed by atoms with E-state index in [9.17, 15) is 22.8 Å². The van der Waals surface area contributed by atoms with Crippen molar-refractivity contribution in [2.24, 2.45) is 11.1 Å². The van der Waals surface area contributed by atoms with Crippen LogP contribution < -0.4 is 21.1 Å². The molecule has 2 amide bonds. The van der Waals surface area contributed by atoms with Crippen LogP contribution in [-0.4, -0.2) is 47.8 Å².